The normalized spacial score (nSPS) is 22.4. The van der Waals surface area contributed by atoms with Crippen LogP contribution in [-0.4, -0.2) is 39.1 Å². The number of rotatable bonds is 2. The Balaban J connectivity index is 1.84. The minimum atomic E-state index is -0.0819. The monoisotopic (exact) mass is 287 g/mol. The van der Waals surface area contributed by atoms with Crippen LogP contribution in [0, 0.1) is 13.8 Å². The van der Waals surface area contributed by atoms with Gasteiger partial charge >= 0.3 is 0 Å². The third-order valence-electron chi connectivity index (χ3n) is 3.98. The number of carbonyl (C=O) groups is 1. The summed E-state index contributed by atoms with van der Waals surface area (Å²) in [6.45, 7) is 6.97. The summed E-state index contributed by atoms with van der Waals surface area (Å²) in [5.74, 6) is -0.0819. The van der Waals surface area contributed by atoms with Crippen molar-refractivity contribution in [3.63, 3.8) is 0 Å². The molecule has 1 fully saturated rings. The van der Waals surface area contributed by atoms with Gasteiger partial charge in [-0.1, -0.05) is 0 Å². The largest absolute Gasteiger partial charge is 0.349 e. The van der Waals surface area contributed by atoms with Crippen molar-refractivity contribution in [2.24, 2.45) is 0 Å². The zero-order valence-corrected chi connectivity index (χ0v) is 12.7. The summed E-state index contributed by atoms with van der Waals surface area (Å²) >= 11 is 0. The summed E-state index contributed by atoms with van der Waals surface area (Å²) in [6, 6.07) is 2.61. The maximum absolute atomic E-state index is 12.5. The van der Waals surface area contributed by atoms with E-state index in [9.17, 15) is 4.79 Å². The smallest absolute Gasteiger partial charge is 0.256 e. The lowest BCUT2D eigenvalue weighted by Crippen LogP contribution is -2.46. The molecule has 2 unspecified atom stereocenters. The molecule has 0 saturated carbocycles. The van der Waals surface area contributed by atoms with Gasteiger partial charge in [-0.25, -0.2) is 9.50 Å². The van der Waals surface area contributed by atoms with Crippen LogP contribution in [0.2, 0.25) is 0 Å². The second kappa shape index (κ2) is 5.44. The van der Waals surface area contributed by atoms with Gasteiger partial charge in [0.2, 0.25) is 0 Å². The van der Waals surface area contributed by atoms with E-state index in [1.807, 2.05) is 19.9 Å². The van der Waals surface area contributed by atoms with Gasteiger partial charge in [0, 0.05) is 23.5 Å². The first-order chi connectivity index (χ1) is 10.0. The Kier molecular flexibility index (Phi) is 3.63. The van der Waals surface area contributed by atoms with E-state index in [1.54, 1.807) is 10.7 Å². The van der Waals surface area contributed by atoms with Crippen molar-refractivity contribution in [2.45, 2.75) is 45.7 Å². The van der Waals surface area contributed by atoms with Crippen molar-refractivity contribution in [1.29, 1.82) is 0 Å². The van der Waals surface area contributed by atoms with Crippen LogP contribution in [0.5, 0.6) is 0 Å². The third-order valence-corrected chi connectivity index (χ3v) is 3.98. The van der Waals surface area contributed by atoms with Gasteiger partial charge < -0.3 is 10.6 Å². The molecule has 112 valence electrons. The molecule has 0 radical (unpaired) electrons. The molecule has 0 aromatic carbocycles. The Morgan fingerprint density at radius 2 is 2.29 bits per heavy atom. The van der Waals surface area contributed by atoms with Crippen molar-refractivity contribution in [3.8, 4) is 0 Å². The van der Waals surface area contributed by atoms with E-state index in [0.717, 1.165) is 30.8 Å². The number of amides is 1. The first-order valence-electron chi connectivity index (χ1n) is 7.41. The van der Waals surface area contributed by atoms with Crippen molar-refractivity contribution >= 4 is 11.6 Å². The summed E-state index contributed by atoms with van der Waals surface area (Å²) in [7, 11) is 0. The van der Waals surface area contributed by atoms with Gasteiger partial charge in [0.05, 0.1) is 6.20 Å². The van der Waals surface area contributed by atoms with E-state index >= 15 is 0 Å². The first kappa shape index (κ1) is 14.0. The third kappa shape index (κ3) is 2.76. The highest BCUT2D eigenvalue weighted by Gasteiger charge is 2.22. The highest BCUT2D eigenvalue weighted by molar-refractivity contribution is 5.99. The SMILES string of the molecule is Cc1cc(C)n2ncc(C(=O)NC3CCNC(C)C3)c2n1. The lowest BCUT2D eigenvalue weighted by molar-refractivity contribution is 0.0927. The number of fused-ring (bicyclic) bond motifs is 1. The van der Waals surface area contributed by atoms with Crippen LogP contribution in [0.1, 0.15) is 41.5 Å². The number of aromatic nitrogens is 3. The molecule has 1 amide bonds. The molecule has 0 aliphatic carbocycles. The average molecular weight is 287 g/mol. The highest BCUT2D eigenvalue weighted by atomic mass is 16.1. The van der Waals surface area contributed by atoms with Crippen molar-refractivity contribution < 1.29 is 4.79 Å². The van der Waals surface area contributed by atoms with E-state index in [4.69, 9.17) is 0 Å². The molecule has 2 aromatic heterocycles. The van der Waals surface area contributed by atoms with Gasteiger partial charge in [0.25, 0.3) is 5.91 Å². The fourth-order valence-electron chi connectivity index (χ4n) is 2.96. The molecule has 3 rings (SSSR count). The standard InChI is InChI=1S/C15H21N5O/c1-9-7-12(4-5-16-9)19-15(21)13-8-17-20-11(3)6-10(2)18-14(13)20/h6,8-9,12,16H,4-5,7H2,1-3H3,(H,19,21). The number of nitrogens with one attached hydrogen (secondary N) is 2. The first-order valence-corrected chi connectivity index (χ1v) is 7.41. The molecule has 1 aliphatic heterocycles. The van der Waals surface area contributed by atoms with Crippen molar-refractivity contribution in [1.82, 2.24) is 25.2 Å². The molecule has 0 bridgehead atoms. The molecule has 6 nitrogen and oxygen atoms in total. The molecule has 2 N–H and O–H groups in total. The zero-order valence-electron chi connectivity index (χ0n) is 12.7. The van der Waals surface area contributed by atoms with Crippen LogP contribution >= 0.6 is 0 Å². The molecule has 21 heavy (non-hydrogen) atoms. The quantitative estimate of drug-likeness (QED) is 0.871. The van der Waals surface area contributed by atoms with Crippen LogP contribution in [0.25, 0.3) is 5.65 Å². The van der Waals surface area contributed by atoms with Gasteiger partial charge in [0.15, 0.2) is 5.65 Å². The predicted molar refractivity (Wildman–Crippen MR) is 80.4 cm³/mol. The van der Waals surface area contributed by atoms with Crippen LogP contribution in [0.3, 0.4) is 0 Å². The van der Waals surface area contributed by atoms with E-state index < -0.39 is 0 Å². The van der Waals surface area contributed by atoms with Gasteiger partial charge in [-0.15, -0.1) is 0 Å². The molecule has 1 saturated heterocycles. The fraction of sp³-hybridized carbons (Fsp3) is 0.533. The van der Waals surface area contributed by atoms with Crippen LogP contribution in [0.4, 0.5) is 0 Å². The Labute approximate surface area is 123 Å². The second-order valence-electron chi connectivity index (χ2n) is 5.88. The fourth-order valence-corrected chi connectivity index (χ4v) is 2.96. The summed E-state index contributed by atoms with van der Waals surface area (Å²) in [5, 5.41) is 10.8. The predicted octanol–water partition coefficient (Wildman–Crippen LogP) is 1.22. The Morgan fingerprint density at radius 1 is 1.48 bits per heavy atom. The van der Waals surface area contributed by atoms with E-state index in [-0.39, 0.29) is 11.9 Å². The molecule has 2 atom stereocenters. The summed E-state index contributed by atoms with van der Waals surface area (Å²) in [6.07, 6.45) is 3.52. The van der Waals surface area contributed by atoms with E-state index in [1.165, 1.54) is 0 Å². The van der Waals surface area contributed by atoms with Crippen molar-refractivity contribution in [2.75, 3.05) is 6.54 Å². The van der Waals surface area contributed by atoms with Gasteiger partial charge in [0.1, 0.15) is 5.56 Å². The summed E-state index contributed by atoms with van der Waals surface area (Å²) < 4.78 is 1.72. The number of nitrogens with zero attached hydrogens (tertiary/aromatic N) is 3. The number of carbonyl (C=O) groups excluding carboxylic acids is 1. The maximum Gasteiger partial charge on any atom is 0.256 e. The lowest BCUT2D eigenvalue weighted by Gasteiger charge is -2.28. The van der Waals surface area contributed by atoms with Gasteiger partial charge in [-0.05, 0) is 46.2 Å². The molecule has 3 heterocycles. The zero-order chi connectivity index (χ0) is 15.0. The number of hydrogen-bond acceptors (Lipinski definition) is 4. The molecule has 1 aliphatic rings. The van der Waals surface area contributed by atoms with Gasteiger partial charge in [-0.3, -0.25) is 4.79 Å². The lowest BCUT2D eigenvalue weighted by atomic mass is 10.0. The maximum atomic E-state index is 12.5. The Bertz CT molecular complexity index is 678. The van der Waals surface area contributed by atoms with Crippen molar-refractivity contribution in [3.05, 3.63) is 29.2 Å². The average Bonchev–Trinajstić information content (AvgIpc) is 2.82. The molecule has 2 aromatic rings. The summed E-state index contributed by atoms with van der Waals surface area (Å²) in [4.78, 5) is 16.9. The minimum absolute atomic E-state index is 0.0819. The molecule has 0 spiro atoms. The molecular weight excluding hydrogens is 266 g/mol. The number of aryl methyl sites for hydroxylation is 2. The van der Waals surface area contributed by atoms with E-state index in [0.29, 0.717) is 17.3 Å². The Hall–Kier alpha value is -1.95. The summed E-state index contributed by atoms with van der Waals surface area (Å²) in [5.41, 5.74) is 3.05. The van der Waals surface area contributed by atoms with Crippen LogP contribution < -0.4 is 10.6 Å². The van der Waals surface area contributed by atoms with Crippen LogP contribution in [-0.2, 0) is 0 Å². The topological polar surface area (TPSA) is 71.3 Å². The molecular formula is C15H21N5O. The minimum Gasteiger partial charge on any atom is -0.349 e. The Morgan fingerprint density at radius 3 is 3.05 bits per heavy atom. The molecule has 6 heteroatoms. The number of piperidine rings is 1. The van der Waals surface area contributed by atoms with E-state index in [2.05, 4.69) is 27.6 Å². The number of hydrogen-bond donors (Lipinski definition) is 2. The highest BCUT2D eigenvalue weighted by Crippen LogP contribution is 2.14. The van der Waals surface area contributed by atoms with Crippen LogP contribution in [0.15, 0.2) is 12.3 Å². The second-order valence-corrected chi connectivity index (χ2v) is 5.88. The van der Waals surface area contributed by atoms with Gasteiger partial charge in [-0.2, -0.15) is 5.10 Å².